The van der Waals surface area contributed by atoms with Gasteiger partial charge in [-0.2, -0.15) is 0 Å². The molecule has 0 aliphatic heterocycles. The van der Waals surface area contributed by atoms with Crippen molar-refractivity contribution in [2.45, 2.75) is 17.5 Å². The van der Waals surface area contributed by atoms with E-state index < -0.39 is 0 Å². The summed E-state index contributed by atoms with van der Waals surface area (Å²) in [4.78, 5) is 12.7. The van der Waals surface area contributed by atoms with Crippen LogP contribution in [-0.4, -0.2) is 27.8 Å². The molecule has 35 heavy (non-hydrogen) atoms. The van der Waals surface area contributed by atoms with Crippen LogP contribution < -0.4 is 10.1 Å². The van der Waals surface area contributed by atoms with Gasteiger partial charge in [0.15, 0.2) is 11.0 Å². The van der Waals surface area contributed by atoms with Gasteiger partial charge in [-0.1, -0.05) is 70.3 Å². The third kappa shape index (κ3) is 6.23. The molecule has 180 valence electrons. The zero-order chi connectivity index (χ0) is 24.9. The van der Waals surface area contributed by atoms with Crippen molar-refractivity contribution in [3.63, 3.8) is 0 Å². The Morgan fingerprint density at radius 2 is 1.80 bits per heavy atom. The second-order valence-corrected chi connectivity index (χ2v) is 9.88. The van der Waals surface area contributed by atoms with Gasteiger partial charge in [-0.3, -0.25) is 9.36 Å². The van der Waals surface area contributed by atoms with E-state index >= 15 is 0 Å². The van der Waals surface area contributed by atoms with Gasteiger partial charge in [0.05, 0.1) is 34.4 Å². The zero-order valence-electron chi connectivity index (χ0n) is 18.3. The molecule has 4 aromatic rings. The fraction of sp³-hybridized carbons (Fsp3) is 0.125. The minimum absolute atomic E-state index is 0.102. The van der Waals surface area contributed by atoms with Crippen molar-refractivity contribution in [1.29, 1.82) is 0 Å². The normalized spacial score (nSPS) is 10.9. The molecule has 6 nitrogen and oxygen atoms in total. The van der Waals surface area contributed by atoms with Crippen LogP contribution >= 0.6 is 58.2 Å². The van der Waals surface area contributed by atoms with Crippen molar-refractivity contribution in [2.75, 3.05) is 7.11 Å². The number of carbonyl (C=O) groups is 1. The summed E-state index contributed by atoms with van der Waals surface area (Å²) < 4.78 is 7.11. The van der Waals surface area contributed by atoms with E-state index in [0.29, 0.717) is 48.1 Å². The third-order valence-corrected chi connectivity index (χ3v) is 7.22. The van der Waals surface area contributed by atoms with E-state index in [9.17, 15) is 4.79 Å². The van der Waals surface area contributed by atoms with E-state index in [1.54, 1.807) is 42.0 Å². The summed E-state index contributed by atoms with van der Waals surface area (Å²) in [6.07, 6.45) is 0. The van der Waals surface area contributed by atoms with Crippen LogP contribution in [0.5, 0.6) is 5.75 Å². The molecule has 1 heterocycles. The van der Waals surface area contributed by atoms with Crippen LogP contribution in [0.1, 0.15) is 21.7 Å². The lowest BCUT2D eigenvalue weighted by molar-refractivity contribution is 0.0949. The highest BCUT2D eigenvalue weighted by atomic mass is 35.5. The number of carbonyl (C=O) groups excluding carboxylic acids is 1. The maximum atomic E-state index is 12.7. The van der Waals surface area contributed by atoms with E-state index in [0.717, 1.165) is 11.3 Å². The average Bonchev–Trinajstić information content (AvgIpc) is 3.25. The molecule has 1 amide bonds. The summed E-state index contributed by atoms with van der Waals surface area (Å²) in [6, 6.07) is 17.6. The summed E-state index contributed by atoms with van der Waals surface area (Å²) in [5.74, 6) is 1.56. The molecule has 0 aliphatic carbocycles. The number of benzene rings is 3. The number of thioether (sulfide) groups is 1. The van der Waals surface area contributed by atoms with Gasteiger partial charge in [0.2, 0.25) is 0 Å². The predicted octanol–water partition coefficient (Wildman–Crippen LogP) is 7.11. The molecule has 0 unspecified atom stereocenters. The number of hydrogen-bond donors (Lipinski definition) is 1. The number of hydrogen-bond acceptors (Lipinski definition) is 5. The Labute approximate surface area is 226 Å². The van der Waals surface area contributed by atoms with Gasteiger partial charge in [0.1, 0.15) is 5.75 Å². The fourth-order valence-corrected chi connectivity index (χ4v) is 4.92. The highest BCUT2D eigenvalue weighted by molar-refractivity contribution is 7.98. The number of halogens is 4. The number of nitrogens with one attached hydrogen (secondary N) is 1. The summed E-state index contributed by atoms with van der Waals surface area (Å²) in [6.45, 7) is 0.102. The van der Waals surface area contributed by atoms with E-state index in [-0.39, 0.29) is 12.5 Å². The van der Waals surface area contributed by atoms with Gasteiger partial charge in [0, 0.05) is 16.3 Å². The lowest BCUT2D eigenvalue weighted by atomic mass is 10.2. The molecular formula is C24H18Cl4N4O2S. The minimum atomic E-state index is -0.328. The Morgan fingerprint density at radius 3 is 2.54 bits per heavy atom. The number of ether oxygens (including phenoxy) is 1. The summed E-state index contributed by atoms with van der Waals surface area (Å²) >= 11 is 26.1. The van der Waals surface area contributed by atoms with E-state index in [1.807, 2.05) is 24.3 Å². The molecule has 0 atom stereocenters. The largest absolute Gasteiger partial charge is 0.497 e. The third-order valence-electron chi connectivity index (χ3n) is 4.94. The second kappa shape index (κ2) is 11.5. The van der Waals surface area contributed by atoms with Gasteiger partial charge < -0.3 is 10.1 Å². The van der Waals surface area contributed by atoms with Crippen LogP contribution in [-0.2, 0) is 12.3 Å². The summed E-state index contributed by atoms with van der Waals surface area (Å²) in [5, 5.41) is 13.7. The molecule has 4 rings (SSSR count). The van der Waals surface area contributed by atoms with Gasteiger partial charge in [-0.15, -0.1) is 10.2 Å². The van der Waals surface area contributed by atoms with Gasteiger partial charge in [-0.05, 0) is 54.1 Å². The molecule has 0 saturated heterocycles. The topological polar surface area (TPSA) is 69.0 Å². The Hall–Kier alpha value is -2.42. The summed E-state index contributed by atoms with van der Waals surface area (Å²) in [5.41, 5.74) is 2.08. The van der Waals surface area contributed by atoms with Crippen molar-refractivity contribution in [1.82, 2.24) is 20.1 Å². The fourth-order valence-electron chi connectivity index (χ4n) is 3.22. The van der Waals surface area contributed by atoms with Crippen molar-refractivity contribution in [3.8, 4) is 11.4 Å². The molecule has 1 N–H and O–H groups in total. The van der Waals surface area contributed by atoms with Crippen LogP contribution in [0, 0.1) is 0 Å². The first-order valence-corrected chi connectivity index (χ1v) is 12.7. The molecular weight excluding hydrogens is 550 g/mol. The number of nitrogens with zero attached hydrogens (tertiary/aromatic N) is 3. The summed E-state index contributed by atoms with van der Waals surface area (Å²) in [7, 11) is 1.63. The van der Waals surface area contributed by atoms with Crippen LogP contribution in [0.3, 0.4) is 0 Å². The molecule has 0 spiro atoms. The molecule has 0 saturated carbocycles. The van der Waals surface area contributed by atoms with Crippen molar-refractivity contribution < 1.29 is 9.53 Å². The Bertz CT molecular complexity index is 1380. The average molecular weight is 568 g/mol. The lowest BCUT2D eigenvalue weighted by Gasteiger charge is -2.13. The van der Waals surface area contributed by atoms with Gasteiger partial charge in [-0.25, -0.2) is 0 Å². The van der Waals surface area contributed by atoms with Crippen molar-refractivity contribution in [2.24, 2.45) is 0 Å². The molecule has 11 heteroatoms. The standard InChI is InChI=1S/C24H18Cl4N4O2S/c1-34-17-4-2-3-14(9-17)13-35-24-31-30-22(32(24)21-8-6-16(25)11-20(21)28)12-29-23(33)15-5-7-18(26)19(27)10-15/h2-11H,12-13H2,1H3,(H,29,33). The van der Waals surface area contributed by atoms with Crippen LogP contribution in [0.15, 0.2) is 65.8 Å². The number of rotatable bonds is 8. The quantitative estimate of drug-likeness (QED) is 0.230. The Kier molecular flexibility index (Phi) is 8.46. The predicted molar refractivity (Wildman–Crippen MR) is 142 cm³/mol. The van der Waals surface area contributed by atoms with Crippen molar-refractivity contribution >= 4 is 64.1 Å². The molecule has 3 aromatic carbocycles. The molecule has 0 fully saturated rings. The highest BCUT2D eigenvalue weighted by Crippen LogP contribution is 2.31. The SMILES string of the molecule is COc1cccc(CSc2nnc(CNC(=O)c3ccc(Cl)c(Cl)c3)n2-c2ccc(Cl)cc2Cl)c1. The molecule has 0 radical (unpaired) electrons. The molecule has 0 bridgehead atoms. The molecule has 1 aromatic heterocycles. The van der Waals surface area contributed by atoms with Crippen LogP contribution in [0.4, 0.5) is 0 Å². The number of methoxy groups -OCH3 is 1. The van der Waals surface area contributed by atoms with Crippen molar-refractivity contribution in [3.05, 3.63) is 97.7 Å². The first kappa shape index (κ1) is 25.7. The van der Waals surface area contributed by atoms with E-state index in [4.69, 9.17) is 51.1 Å². The second-order valence-electron chi connectivity index (χ2n) is 7.28. The number of amides is 1. The lowest BCUT2D eigenvalue weighted by Crippen LogP contribution is -2.24. The molecule has 0 aliphatic rings. The Balaban J connectivity index is 1.60. The monoisotopic (exact) mass is 566 g/mol. The minimum Gasteiger partial charge on any atom is -0.497 e. The maximum Gasteiger partial charge on any atom is 0.251 e. The zero-order valence-corrected chi connectivity index (χ0v) is 22.1. The maximum absolute atomic E-state index is 12.7. The smallest absolute Gasteiger partial charge is 0.251 e. The first-order chi connectivity index (χ1) is 16.9. The van der Waals surface area contributed by atoms with Gasteiger partial charge in [0.25, 0.3) is 5.91 Å². The van der Waals surface area contributed by atoms with Crippen LogP contribution in [0.2, 0.25) is 20.1 Å². The first-order valence-electron chi connectivity index (χ1n) is 10.2. The Morgan fingerprint density at radius 1 is 0.971 bits per heavy atom. The van der Waals surface area contributed by atoms with Crippen LogP contribution in [0.25, 0.3) is 5.69 Å². The highest BCUT2D eigenvalue weighted by Gasteiger charge is 2.18. The van der Waals surface area contributed by atoms with E-state index in [2.05, 4.69) is 15.5 Å². The number of aromatic nitrogens is 3. The van der Waals surface area contributed by atoms with Gasteiger partial charge >= 0.3 is 0 Å². The van der Waals surface area contributed by atoms with E-state index in [1.165, 1.54) is 17.8 Å².